The second-order valence-electron chi connectivity index (χ2n) is 7.18. The zero-order chi connectivity index (χ0) is 19.4. The highest BCUT2D eigenvalue weighted by Gasteiger charge is 2.30. The van der Waals surface area contributed by atoms with E-state index < -0.39 is 0 Å². The van der Waals surface area contributed by atoms with Crippen molar-refractivity contribution in [2.75, 3.05) is 19.4 Å². The second kappa shape index (κ2) is 6.71. The third-order valence-electron chi connectivity index (χ3n) is 5.52. The minimum atomic E-state index is -0.133. The van der Waals surface area contributed by atoms with Gasteiger partial charge < -0.3 is 25.1 Å². The monoisotopic (exact) mass is 490 g/mol. The number of halogens is 1. The Morgan fingerprint density at radius 2 is 2.07 bits per heavy atom. The standard InChI is InChI=1S/C20H19IN4O3/c1-25(17-9-27-6-10-4-11(21)2-3-12(10)17)20(26)16-5-15-18(23-16)13-7-28-8-14(13)19(22)24-15/h2-5,17,23H,6-9H2,1H3,(H2,22,24)/t17-/m1/s1. The molecule has 0 bridgehead atoms. The third-order valence-corrected chi connectivity index (χ3v) is 6.19. The number of hydrogen-bond acceptors (Lipinski definition) is 5. The maximum Gasteiger partial charge on any atom is 0.270 e. The molecule has 4 heterocycles. The molecule has 8 heteroatoms. The summed E-state index contributed by atoms with van der Waals surface area (Å²) in [5.74, 6) is 0.361. The van der Waals surface area contributed by atoms with Crippen LogP contribution in [0.3, 0.4) is 0 Å². The van der Waals surface area contributed by atoms with Crippen molar-refractivity contribution in [3.63, 3.8) is 0 Å². The van der Waals surface area contributed by atoms with Gasteiger partial charge in [-0.15, -0.1) is 0 Å². The average Bonchev–Trinajstić information content (AvgIpc) is 3.33. The van der Waals surface area contributed by atoms with Crippen LogP contribution in [0.5, 0.6) is 0 Å². The van der Waals surface area contributed by atoms with Crippen LogP contribution in [0, 0.1) is 3.57 Å². The van der Waals surface area contributed by atoms with Crippen LogP contribution in [-0.2, 0) is 29.3 Å². The number of anilines is 1. The molecule has 1 amide bonds. The van der Waals surface area contributed by atoms with Crippen LogP contribution in [0.25, 0.3) is 11.0 Å². The van der Waals surface area contributed by atoms with E-state index in [0.29, 0.717) is 43.5 Å². The number of nitrogens with zero attached hydrogens (tertiary/aromatic N) is 2. The molecular formula is C20H19IN4O3. The van der Waals surface area contributed by atoms with Gasteiger partial charge in [-0.2, -0.15) is 0 Å². The molecule has 0 saturated carbocycles. The van der Waals surface area contributed by atoms with Gasteiger partial charge in [-0.3, -0.25) is 4.79 Å². The fourth-order valence-corrected chi connectivity index (χ4v) is 4.56. The Bertz CT molecular complexity index is 1110. The SMILES string of the molecule is CN(C(=O)c1cc2nc(N)c3c(c2[nH]1)COC3)[C@@H]1COCc2cc(I)ccc21. The molecule has 144 valence electrons. The molecule has 7 nitrogen and oxygen atoms in total. The van der Waals surface area contributed by atoms with E-state index in [1.165, 1.54) is 0 Å². The van der Waals surface area contributed by atoms with E-state index in [9.17, 15) is 4.79 Å². The topological polar surface area (TPSA) is 93.5 Å². The highest BCUT2D eigenvalue weighted by atomic mass is 127. The van der Waals surface area contributed by atoms with E-state index in [1.807, 2.05) is 7.05 Å². The minimum Gasteiger partial charge on any atom is -0.383 e. The van der Waals surface area contributed by atoms with Gasteiger partial charge in [-0.25, -0.2) is 4.98 Å². The number of pyridine rings is 1. The van der Waals surface area contributed by atoms with Crippen LogP contribution in [0.4, 0.5) is 5.82 Å². The quantitative estimate of drug-likeness (QED) is 0.539. The minimum absolute atomic E-state index is 0.107. The van der Waals surface area contributed by atoms with Crippen molar-refractivity contribution in [2.24, 2.45) is 0 Å². The van der Waals surface area contributed by atoms with E-state index in [-0.39, 0.29) is 11.9 Å². The first-order valence-electron chi connectivity index (χ1n) is 9.04. The Balaban J connectivity index is 1.51. The lowest BCUT2D eigenvalue weighted by Gasteiger charge is -2.33. The van der Waals surface area contributed by atoms with E-state index in [1.54, 1.807) is 11.0 Å². The van der Waals surface area contributed by atoms with Crippen molar-refractivity contribution >= 4 is 45.3 Å². The Labute approximate surface area is 175 Å². The maximum atomic E-state index is 13.2. The summed E-state index contributed by atoms with van der Waals surface area (Å²) in [5.41, 5.74) is 12.2. The number of hydrogen-bond donors (Lipinski definition) is 2. The Hall–Kier alpha value is -2.17. The van der Waals surface area contributed by atoms with Crippen LogP contribution in [-0.4, -0.2) is 34.4 Å². The van der Waals surface area contributed by atoms with Crippen molar-refractivity contribution < 1.29 is 14.3 Å². The molecule has 3 N–H and O–H groups in total. The predicted molar refractivity (Wildman–Crippen MR) is 113 cm³/mol. The number of carbonyl (C=O) groups is 1. The zero-order valence-corrected chi connectivity index (χ0v) is 17.4. The number of nitrogen functional groups attached to an aromatic ring is 1. The fourth-order valence-electron chi connectivity index (χ4n) is 4.00. The molecule has 28 heavy (non-hydrogen) atoms. The predicted octanol–water partition coefficient (Wildman–Crippen LogP) is 3.12. The molecule has 0 unspecified atom stereocenters. The molecule has 0 radical (unpaired) electrons. The molecule has 0 spiro atoms. The van der Waals surface area contributed by atoms with Gasteiger partial charge in [0.1, 0.15) is 11.5 Å². The molecule has 3 aromatic rings. The number of nitrogens with two attached hydrogens (primary N) is 1. The van der Waals surface area contributed by atoms with Gasteiger partial charge >= 0.3 is 0 Å². The number of carbonyl (C=O) groups excluding carboxylic acids is 1. The van der Waals surface area contributed by atoms with Gasteiger partial charge in [0.05, 0.1) is 43.5 Å². The summed E-state index contributed by atoms with van der Waals surface area (Å²) >= 11 is 2.29. The smallest absolute Gasteiger partial charge is 0.270 e. The van der Waals surface area contributed by atoms with Crippen LogP contribution in [0.15, 0.2) is 24.3 Å². The fraction of sp³-hybridized carbons (Fsp3) is 0.300. The molecule has 0 saturated heterocycles. The largest absolute Gasteiger partial charge is 0.383 e. The number of aromatic nitrogens is 2. The van der Waals surface area contributed by atoms with Crippen LogP contribution >= 0.6 is 22.6 Å². The Kier molecular flexibility index (Phi) is 4.29. The number of aromatic amines is 1. The van der Waals surface area contributed by atoms with Crippen LogP contribution < -0.4 is 5.73 Å². The van der Waals surface area contributed by atoms with Crippen molar-refractivity contribution in [1.29, 1.82) is 0 Å². The lowest BCUT2D eigenvalue weighted by molar-refractivity contribution is 0.0343. The lowest BCUT2D eigenvalue weighted by atomic mass is 9.98. The van der Waals surface area contributed by atoms with E-state index in [4.69, 9.17) is 15.2 Å². The Morgan fingerprint density at radius 1 is 1.25 bits per heavy atom. The first kappa shape index (κ1) is 17.9. The van der Waals surface area contributed by atoms with Gasteiger partial charge in [-0.1, -0.05) is 6.07 Å². The summed E-state index contributed by atoms with van der Waals surface area (Å²) in [5, 5.41) is 0. The first-order valence-corrected chi connectivity index (χ1v) is 10.1. The van der Waals surface area contributed by atoms with E-state index >= 15 is 0 Å². The van der Waals surface area contributed by atoms with Crippen molar-refractivity contribution in [3.8, 4) is 0 Å². The Morgan fingerprint density at radius 3 is 2.93 bits per heavy atom. The van der Waals surface area contributed by atoms with Gasteiger partial charge in [0.15, 0.2) is 0 Å². The molecule has 0 fully saturated rings. The summed E-state index contributed by atoms with van der Waals surface area (Å²) in [6.45, 7) is 1.99. The molecule has 0 aliphatic carbocycles. The van der Waals surface area contributed by atoms with E-state index in [0.717, 1.165) is 31.3 Å². The van der Waals surface area contributed by atoms with Gasteiger partial charge in [-0.05, 0) is 51.9 Å². The first-order chi connectivity index (χ1) is 13.5. The molecule has 2 aromatic heterocycles. The van der Waals surface area contributed by atoms with Crippen molar-refractivity contribution in [3.05, 3.63) is 55.8 Å². The molecule has 5 rings (SSSR count). The molecule has 1 atom stereocenters. The van der Waals surface area contributed by atoms with Crippen molar-refractivity contribution in [2.45, 2.75) is 25.9 Å². The third kappa shape index (κ3) is 2.78. The van der Waals surface area contributed by atoms with Crippen LogP contribution in [0.1, 0.15) is 38.8 Å². The number of nitrogens with one attached hydrogen (secondary N) is 1. The van der Waals surface area contributed by atoms with Crippen LogP contribution in [0.2, 0.25) is 0 Å². The highest BCUT2D eigenvalue weighted by Crippen LogP contribution is 2.33. The normalized spacial score (nSPS) is 18.1. The molecule has 2 aliphatic heterocycles. The number of fused-ring (bicyclic) bond motifs is 4. The molecular weight excluding hydrogens is 471 g/mol. The maximum absolute atomic E-state index is 13.2. The molecule has 1 aromatic carbocycles. The summed E-state index contributed by atoms with van der Waals surface area (Å²) in [6.07, 6.45) is 0. The van der Waals surface area contributed by atoms with Gasteiger partial charge in [0.2, 0.25) is 0 Å². The lowest BCUT2D eigenvalue weighted by Crippen LogP contribution is -2.36. The van der Waals surface area contributed by atoms with Crippen molar-refractivity contribution in [1.82, 2.24) is 14.9 Å². The summed E-state index contributed by atoms with van der Waals surface area (Å²) in [6, 6.07) is 7.90. The number of rotatable bonds is 2. The zero-order valence-electron chi connectivity index (χ0n) is 15.3. The summed E-state index contributed by atoms with van der Waals surface area (Å²) in [7, 11) is 1.81. The van der Waals surface area contributed by atoms with Gasteiger partial charge in [0, 0.05) is 21.7 Å². The van der Waals surface area contributed by atoms with E-state index in [2.05, 4.69) is 50.8 Å². The number of benzene rings is 1. The second-order valence-corrected chi connectivity index (χ2v) is 8.43. The number of H-pyrrole nitrogens is 1. The summed E-state index contributed by atoms with van der Waals surface area (Å²) in [4.78, 5) is 22.6. The average molecular weight is 490 g/mol. The summed E-state index contributed by atoms with van der Waals surface area (Å²) < 4.78 is 12.4. The number of likely N-dealkylation sites (N-methyl/N-ethyl adjacent to an activating group) is 1. The molecule has 2 aliphatic rings. The number of ether oxygens (including phenoxy) is 2. The van der Waals surface area contributed by atoms with Gasteiger partial charge in [0.25, 0.3) is 5.91 Å². The number of amides is 1. The highest BCUT2D eigenvalue weighted by molar-refractivity contribution is 14.1.